The summed E-state index contributed by atoms with van der Waals surface area (Å²) < 4.78 is 0. The summed E-state index contributed by atoms with van der Waals surface area (Å²) >= 11 is 1.84. The number of thiophene rings is 1. The minimum Gasteiger partial charge on any atom is -0.393 e. The number of aliphatic hydroxyl groups is 1. The number of hydrogen-bond acceptors (Lipinski definition) is 3. The molecule has 0 bridgehead atoms. The van der Waals surface area contributed by atoms with E-state index in [4.69, 9.17) is 0 Å². The van der Waals surface area contributed by atoms with Gasteiger partial charge in [-0.05, 0) is 50.6 Å². The second kappa shape index (κ2) is 6.69. The average Bonchev–Trinajstić information content (AvgIpc) is 2.84. The molecule has 3 atom stereocenters. The van der Waals surface area contributed by atoms with Crippen molar-refractivity contribution >= 4 is 11.3 Å². The van der Waals surface area contributed by atoms with Crippen LogP contribution < -0.4 is 0 Å². The summed E-state index contributed by atoms with van der Waals surface area (Å²) in [6, 6.07) is 4.89. The van der Waals surface area contributed by atoms with Crippen molar-refractivity contribution in [3.8, 4) is 0 Å². The predicted octanol–water partition coefficient (Wildman–Crippen LogP) is 3.16. The van der Waals surface area contributed by atoms with Gasteiger partial charge >= 0.3 is 0 Å². The first kappa shape index (κ1) is 14.0. The van der Waals surface area contributed by atoms with Gasteiger partial charge in [-0.1, -0.05) is 18.9 Å². The lowest BCUT2D eigenvalue weighted by molar-refractivity contribution is 0.0448. The Balaban J connectivity index is 1.81. The first-order valence-electron chi connectivity index (χ1n) is 7.07. The van der Waals surface area contributed by atoms with Crippen LogP contribution in [0.15, 0.2) is 17.5 Å². The molecule has 0 amide bonds. The standard InChI is InChI=1S/C15H25NOS/c1-12(10-14-7-5-9-18-14)16(2)11-13-6-3-4-8-15(13)17/h5,7,9,12-13,15,17H,3-4,6,8,10-11H2,1-2H3. The molecule has 2 rings (SSSR count). The van der Waals surface area contributed by atoms with Crippen LogP contribution in [-0.2, 0) is 6.42 Å². The van der Waals surface area contributed by atoms with Crippen LogP contribution in [0, 0.1) is 5.92 Å². The Bertz CT molecular complexity index is 338. The Morgan fingerprint density at radius 3 is 2.89 bits per heavy atom. The molecule has 0 aliphatic heterocycles. The van der Waals surface area contributed by atoms with Gasteiger partial charge in [0.15, 0.2) is 0 Å². The molecule has 3 unspecified atom stereocenters. The topological polar surface area (TPSA) is 23.5 Å². The molecule has 0 spiro atoms. The molecule has 1 N–H and O–H groups in total. The third-order valence-corrected chi connectivity index (χ3v) is 5.12. The maximum atomic E-state index is 10.0. The lowest BCUT2D eigenvalue weighted by Crippen LogP contribution is -2.39. The molecule has 1 saturated carbocycles. The molecule has 1 aliphatic carbocycles. The molecule has 3 heteroatoms. The maximum Gasteiger partial charge on any atom is 0.0580 e. The fraction of sp³-hybridized carbons (Fsp3) is 0.733. The molecule has 0 saturated heterocycles. The van der Waals surface area contributed by atoms with Crippen LogP contribution >= 0.6 is 11.3 Å². The monoisotopic (exact) mass is 267 g/mol. The lowest BCUT2D eigenvalue weighted by atomic mass is 9.86. The molecule has 102 valence electrons. The van der Waals surface area contributed by atoms with E-state index in [1.807, 2.05) is 11.3 Å². The first-order valence-corrected chi connectivity index (χ1v) is 7.95. The normalized spacial score (nSPS) is 26.4. The van der Waals surface area contributed by atoms with Crippen molar-refractivity contribution in [1.29, 1.82) is 0 Å². The van der Waals surface area contributed by atoms with E-state index in [-0.39, 0.29) is 6.10 Å². The van der Waals surface area contributed by atoms with Gasteiger partial charge in [0.25, 0.3) is 0 Å². The highest BCUT2D eigenvalue weighted by molar-refractivity contribution is 7.09. The second-order valence-corrected chi connectivity index (χ2v) is 6.72. The Morgan fingerprint density at radius 2 is 2.22 bits per heavy atom. The number of nitrogens with zero attached hydrogens (tertiary/aromatic N) is 1. The minimum absolute atomic E-state index is 0.0739. The van der Waals surface area contributed by atoms with Gasteiger partial charge in [-0.25, -0.2) is 0 Å². The van der Waals surface area contributed by atoms with E-state index in [0.29, 0.717) is 12.0 Å². The Labute approximate surface area is 115 Å². The lowest BCUT2D eigenvalue weighted by Gasteiger charge is -2.33. The smallest absolute Gasteiger partial charge is 0.0580 e. The summed E-state index contributed by atoms with van der Waals surface area (Å²) in [6.07, 6.45) is 5.72. The van der Waals surface area contributed by atoms with Gasteiger partial charge < -0.3 is 10.0 Å². The van der Waals surface area contributed by atoms with Crippen molar-refractivity contribution in [2.24, 2.45) is 5.92 Å². The van der Waals surface area contributed by atoms with Gasteiger partial charge in [0.1, 0.15) is 0 Å². The zero-order valence-electron chi connectivity index (χ0n) is 11.5. The van der Waals surface area contributed by atoms with Crippen molar-refractivity contribution in [3.05, 3.63) is 22.4 Å². The zero-order valence-corrected chi connectivity index (χ0v) is 12.3. The number of likely N-dealkylation sites (N-methyl/N-ethyl adjacent to an activating group) is 1. The van der Waals surface area contributed by atoms with E-state index in [1.165, 1.54) is 24.1 Å². The van der Waals surface area contributed by atoms with E-state index in [0.717, 1.165) is 19.4 Å². The third-order valence-electron chi connectivity index (χ3n) is 4.22. The Kier molecular flexibility index (Phi) is 5.22. The number of aliphatic hydroxyl groups excluding tert-OH is 1. The highest BCUT2D eigenvalue weighted by Crippen LogP contribution is 2.25. The summed E-state index contributed by atoms with van der Waals surface area (Å²) in [4.78, 5) is 3.87. The average molecular weight is 267 g/mol. The fourth-order valence-electron chi connectivity index (χ4n) is 2.83. The molecule has 1 heterocycles. The summed E-state index contributed by atoms with van der Waals surface area (Å²) in [6.45, 7) is 3.32. The van der Waals surface area contributed by atoms with Crippen LogP contribution in [0.5, 0.6) is 0 Å². The van der Waals surface area contributed by atoms with Crippen molar-refractivity contribution in [2.75, 3.05) is 13.6 Å². The van der Waals surface area contributed by atoms with Crippen LogP contribution in [0.2, 0.25) is 0 Å². The van der Waals surface area contributed by atoms with Crippen molar-refractivity contribution < 1.29 is 5.11 Å². The van der Waals surface area contributed by atoms with Gasteiger partial charge in [-0.15, -0.1) is 11.3 Å². The van der Waals surface area contributed by atoms with Gasteiger partial charge in [-0.3, -0.25) is 0 Å². The summed E-state index contributed by atoms with van der Waals surface area (Å²) in [5.41, 5.74) is 0. The number of hydrogen-bond donors (Lipinski definition) is 1. The highest BCUT2D eigenvalue weighted by atomic mass is 32.1. The van der Waals surface area contributed by atoms with Gasteiger partial charge in [0, 0.05) is 17.5 Å². The molecule has 18 heavy (non-hydrogen) atoms. The molecule has 0 aromatic carbocycles. The molecule has 2 nitrogen and oxygen atoms in total. The molecule has 0 radical (unpaired) electrons. The SMILES string of the molecule is CC(Cc1cccs1)N(C)CC1CCCCC1O. The van der Waals surface area contributed by atoms with Crippen LogP contribution in [0.25, 0.3) is 0 Å². The van der Waals surface area contributed by atoms with Crippen molar-refractivity contribution in [1.82, 2.24) is 4.90 Å². The minimum atomic E-state index is -0.0739. The maximum absolute atomic E-state index is 10.0. The van der Waals surface area contributed by atoms with Gasteiger partial charge in [-0.2, -0.15) is 0 Å². The molecule has 1 fully saturated rings. The molecule has 1 aliphatic rings. The molecular formula is C15H25NOS. The quantitative estimate of drug-likeness (QED) is 0.886. The summed E-state index contributed by atoms with van der Waals surface area (Å²) in [5.74, 6) is 0.481. The van der Waals surface area contributed by atoms with Crippen LogP contribution in [-0.4, -0.2) is 35.7 Å². The van der Waals surface area contributed by atoms with E-state index in [2.05, 4.69) is 36.4 Å². The van der Waals surface area contributed by atoms with Crippen LogP contribution in [0.4, 0.5) is 0 Å². The van der Waals surface area contributed by atoms with Crippen LogP contribution in [0.1, 0.15) is 37.5 Å². The predicted molar refractivity (Wildman–Crippen MR) is 78.1 cm³/mol. The van der Waals surface area contributed by atoms with Gasteiger partial charge in [0.2, 0.25) is 0 Å². The van der Waals surface area contributed by atoms with Crippen molar-refractivity contribution in [2.45, 2.75) is 51.2 Å². The van der Waals surface area contributed by atoms with E-state index >= 15 is 0 Å². The zero-order chi connectivity index (χ0) is 13.0. The molecule has 1 aromatic rings. The Morgan fingerprint density at radius 1 is 1.44 bits per heavy atom. The fourth-order valence-corrected chi connectivity index (χ4v) is 3.65. The van der Waals surface area contributed by atoms with Gasteiger partial charge in [0.05, 0.1) is 6.10 Å². The van der Waals surface area contributed by atoms with E-state index in [9.17, 15) is 5.11 Å². The second-order valence-electron chi connectivity index (χ2n) is 5.68. The summed E-state index contributed by atoms with van der Waals surface area (Å²) in [7, 11) is 2.19. The van der Waals surface area contributed by atoms with Crippen LogP contribution in [0.3, 0.4) is 0 Å². The number of rotatable bonds is 5. The van der Waals surface area contributed by atoms with Crippen molar-refractivity contribution in [3.63, 3.8) is 0 Å². The largest absolute Gasteiger partial charge is 0.393 e. The van der Waals surface area contributed by atoms with E-state index < -0.39 is 0 Å². The third kappa shape index (κ3) is 3.81. The molecular weight excluding hydrogens is 242 g/mol. The Hall–Kier alpha value is -0.380. The van der Waals surface area contributed by atoms with E-state index in [1.54, 1.807) is 0 Å². The highest BCUT2D eigenvalue weighted by Gasteiger charge is 2.25. The molecule has 1 aromatic heterocycles. The summed E-state index contributed by atoms with van der Waals surface area (Å²) in [5, 5.41) is 12.2. The first-order chi connectivity index (χ1) is 8.66.